The molecular weight excluding hydrogens is 370 g/mol. The molecule has 2 rings (SSSR count). The van der Waals surface area contributed by atoms with Crippen LogP contribution in [0.1, 0.15) is 32.6 Å². The van der Waals surface area contributed by atoms with Crippen LogP contribution in [0.15, 0.2) is 41.1 Å². The van der Waals surface area contributed by atoms with Gasteiger partial charge in [0.15, 0.2) is 12.4 Å². The Balaban J connectivity index is 1.89. The number of nitrogens with one attached hydrogen (secondary N) is 1. The van der Waals surface area contributed by atoms with Crippen LogP contribution in [0.4, 0.5) is 5.82 Å². The van der Waals surface area contributed by atoms with Crippen LogP contribution >= 0.6 is 11.6 Å². The van der Waals surface area contributed by atoms with Gasteiger partial charge in [-0.05, 0) is 30.7 Å². The number of amides is 2. The summed E-state index contributed by atoms with van der Waals surface area (Å²) in [4.78, 5) is 26.2. The normalized spacial score (nSPS) is 10.4. The number of hydrogen-bond acceptors (Lipinski definition) is 5. The predicted molar refractivity (Wildman–Crippen MR) is 103 cm³/mol. The maximum absolute atomic E-state index is 12.5. The van der Waals surface area contributed by atoms with Gasteiger partial charge in [0.05, 0.1) is 0 Å². The van der Waals surface area contributed by atoms with Crippen molar-refractivity contribution in [2.24, 2.45) is 0 Å². The van der Waals surface area contributed by atoms with E-state index in [1.54, 1.807) is 24.3 Å². The van der Waals surface area contributed by atoms with Gasteiger partial charge in [-0.15, -0.1) is 0 Å². The monoisotopic (exact) mass is 393 g/mol. The molecule has 0 aliphatic rings. The van der Waals surface area contributed by atoms with Gasteiger partial charge in [-0.25, -0.2) is 0 Å². The summed E-state index contributed by atoms with van der Waals surface area (Å²) in [6.07, 6.45) is 5.39. The van der Waals surface area contributed by atoms with Gasteiger partial charge in [0.25, 0.3) is 5.91 Å². The molecule has 2 aromatic rings. The van der Waals surface area contributed by atoms with E-state index in [4.69, 9.17) is 16.3 Å². The van der Waals surface area contributed by atoms with Gasteiger partial charge >= 0.3 is 0 Å². The van der Waals surface area contributed by atoms with E-state index in [2.05, 4.69) is 21.9 Å². The molecule has 7 nitrogen and oxygen atoms in total. The Bertz CT molecular complexity index is 704. The Hall–Kier alpha value is -2.54. The quantitative estimate of drug-likeness (QED) is 0.587. The molecule has 146 valence electrons. The van der Waals surface area contributed by atoms with E-state index in [1.807, 2.05) is 0 Å². The molecule has 0 bridgehead atoms. The molecule has 0 saturated heterocycles. The third-order valence-corrected chi connectivity index (χ3v) is 4.10. The summed E-state index contributed by atoms with van der Waals surface area (Å²) in [5.41, 5.74) is 0. The lowest BCUT2D eigenvalue weighted by Crippen LogP contribution is -2.41. The molecule has 8 heteroatoms. The number of benzene rings is 1. The van der Waals surface area contributed by atoms with Crippen LogP contribution in [0.5, 0.6) is 5.75 Å². The van der Waals surface area contributed by atoms with Gasteiger partial charge in [0, 0.05) is 17.6 Å². The highest BCUT2D eigenvalue weighted by molar-refractivity contribution is 6.30. The summed E-state index contributed by atoms with van der Waals surface area (Å²) in [6.45, 7) is 2.40. The molecule has 0 aliphatic heterocycles. The SMILES string of the molecule is CCCCCCN(CC(=O)Nc1ccon1)C(=O)COc1ccc(Cl)cc1. The van der Waals surface area contributed by atoms with E-state index in [1.165, 1.54) is 17.2 Å². The number of aromatic nitrogens is 1. The van der Waals surface area contributed by atoms with Gasteiger partial charge < -0.3 is 19.5 Å². The zero-order valence-corrected chi connectivity index (χ0v) is 16.1. The van der Waals surface area contributed by atoms with E-state index in [9.17, 15) is 9.59 Å². The standard InChI is InChI=1S/C19H24ClN3O4/c1-2-3-4-5-11-23(13-18(24)21-17-10-12-27-22-17)19(25)14-26-16-8-6-15(20)7-9-16/h6-10,12H,2-5,11,13-14H2,1H3,(H,21,22,24). The van der Waals surface area contributed by atoms with E-state index in [0.29, 0.717) is 23.1 Å². The minimum absolute atomic E-state index is 0.0677. The van der Waals surface area contributed by atoms with Crippen molar-refractivity contribution in [1.29, 1.82) is 0 Å². The third-order valence-electron chi connectivity index (χ3n) is 3.85. The summed E-state index contributed by atoms with van der Waals surface area (Å²) in [5, 5.41) is 6.82. The Morgan fingerprint density at radius 3 is 2.63 bits per heavy atom. The number of carbonyl (C=O) groups excluding carboxylic acids is 2. The first-order chi connectivity index (χ1) is 13.1. The summed E-state index contributed by atoms with van der Waals surface area (Å²) < 4.78 is 10.2. The Morgan fingerprint density at radius 1 is 1.19 bits per heavy atom. The highest BCUT2D eigenvalue weighted by Gasteiger charge is 2.18. The van der Waals surface area contributed by atoms with Crippen molar-refractivity contribution in [1.82, 2.24) is 10.1 Å². The zero-order valence-electron chi connectivity index (χ0n) is 15.3. The molecule has 0 radical (unpaired) electrons. The molecule has 27 heavy (non-hydrogen) atoms. The molecule has 1 heterocycles. The Kier molecular flexibility index (Phi) is 8.64. The van der Waals surface area contributed by atoms with Crippen molar-refractivity contribution in [3.63, 3.8) is 0 Å². The summed E-state index contributed by atoms with van der Waals surface area (Å²) in [5.74, 6) is 0.275. The highest BCUT2D eigenvalue weighted by Crippen LogP contribution is 2.15. The van der Waals surface area contributed by atoms with Crippen LogP contribution in [-0.4, -0.2) is 41.6 Å². The molecule has 1 N–H and O–H groups in total. The van der Waals surface area contributed by atoms with Gasteiger partial charge in [0.1, 0.15) is 18.6 Å². The van der Waals surface area contributed by atoms with Gasteiger partial charge in [0.2, 0.25) is 5.91 Å². The molecule has 0 saturated carbocycles. The maximum Gasteiger partial charge on any atom is 0.260 e. The van der Waals surface area contributed by atoms with Crippen LogP contribution in [0.2, 0.25) is 5.02 Å². The van der Waals surface area contributed by atoms with Gasteiger partial charge in [-0.3, -0.25) is 9.59 Å². The number of halogens is 1. The van der Waals surface area contributed by atoms with Crippen molar-refractivity contribution in [3.8, 4) is 5.75 Å². The van der Waals surface area contributed by atoms with Crippen LogP contribution in [-0.2, 0) is 9.59 Å². The number of anilines is 1. The van der Waals surface area contributed by atoms with Crippen molar-refractivity contribution in [3.05, 3.63) is 41.6 Å². The molecule has 1 aromatic heterocycles. The maximum atomic E-state index is 12.5. The molecule has 0 aliphatic carbocycles. The Morgan fingerprint density at radius 2 is 1.96 bits per heavy atom. The Labute approximate surface area is 163 Å². The fourth-order valence-corrected chi connectivity index (χ4v) is 2.55. The number of nitrogens with zero attached hydrogens (tertiary/aromatic N) is 2. The van der Waals surface area contributed by atoms with Gasteiger partial charge in [-0.2, -0.15) is 0 Å². The highest BCUT2D eigenvalue weighted by atomic mass is 35.5. The van der Waals surface area contributed by atoms with Crippen LogP contribution < -0.4 is 10.1 Å². The average molecular weight is 394 g/mol. The minimum atomic E-state index is -0.334. The second-order valence-electron chi connectivity index (χ2n) is 6.05. The number of carbonyl (C=O) groups is 2. The minimum Gasteiger partial charge on any atom is -0.484 e. The molecule has 0 atom stereocenters. The summed E-state index contributed by atoms with van der Waals surface area (Å²) in [6, 6.07) is 8.30. The van der Waals surface area contributed by atoms with Crippen molar-refractivity contribution in [2.75, 3.05) is 25.0 Å². The van der Waals surface area contributed by atoms with Crippen molar-refractivity contribution >= 4 is 29.2 Å². The fraction of sp³-hybridized carbons (Fsp3) is 0.421. The van der Waals surface area contributed by atoms with Crippen molar-refractivity contribution < 1.29 is 18.8 Å². The summed E-state index contributed by atoms with van der Waals surface area (Å²) >= 11 is 5.84. The second kappa shape index (κ2) is 11.2. The molecule has 0 spiro atoms. The molecule has 2 amide bonds. The first kappa shape index (κ1) is 20.8. The van der Waals surface area contributed by atoms with E-state index in [0.717, 1.165) is 25.7 Å². The smallest absolute Gasteiger partial charge is 0.260 e. The lowest BCUT2D eigenvalue weighted by molar-refractivity contribution is -0.136. The number of rotatable bonds is 11. The topological polar surface area (TPSA) is 84.7 Å². The molecule has 1 aromatic carbocycles. The van der Waals surface area contributed by atoms with Crippen LogP contribution in [0.25, 0.3) is 0 Å². The fourth-order valence-electron chi connectivity index (χ4n) is 2.42. The average Bonchev–Trinajstić information content (AvgIpc) is 3.16. The third kappa shape index (κ3) is 7.70. The van der Waals surface area contributed by atoms with Gasteiger partial charge in [-0.1, -0.05) is 42.9 Å². The van der Waals surface area contributed by atoms with Crippen LogP contribution in [0, 0.1) is 0 Å². The zero-order chi connectivity index (χ0) is 19.5. The van der Waals surface area contributed by atoms with Crippen molar-refractivity contribution in [2.45, 2.75) is 32.6 Å². The lowest BCUT2D eigenvalue weighted by Gasteiger charge is -2.22. The first-order valence-electron chi connectivity index (χ1n) is 8.95. The van der Waals surface area contributed by atoms with Crippen LogP contribution in [0.3, 0.4) is 0 Å². The number of ether oxygens (including phenoxy) is 1. The summed E-state index contributed by atoms with van der Waals surface area (Å²) in [7, 11) is 0. The first-order valence-corrected chi connectivity index (χ1v) is 9.32. The number of unbranched alkanes of at least 4 members (excludes halogenated alkanes) is 3. The van der Waals surface area contributed by atoms with E-state index in [-0.39, 0.29) is 25.0 Å². The molecule has 0 unspecified atom stereocenters. The lowest BCUT2D eigenvalue weighted by atomic mass is 10.2. The van der Waals surface area contributed by atoms with E-state index >= 15 is 0 Å². The number of hydrogen-bond donors (Lipinski definition) is 1. The predicted octanol–water partition coefficient (Wildman–Crippen LogP) is 3.75. The molecular formula is C19H24ClN3O4. The largest absolute Gasteiger partial charge is 0.484 e. The molecule has 0 fully saturated rings. The second-order valence-corrected chi connectivity index (χ2v) is 6.49. The van der Waals surface area contributed by atoms with E-state index < -0.39 is 0 Å².